The molecular formula is C12H21N5. The summed E-state index contributed by atoms with van der Waals surface area (Å²) >= 11 is 0. The van der Waals surface area contributed by atoms with Crippen LogP contribution in [-0.4, -0.2) is 28.1 Å². The molecule has 1 aromatic rings. The Morgan fingerprint density at radius 1 is 1.53 bits per heavy atom. The number of hydrogen-bond acceptors (Lipinski definition) is 4. The summed E-state index contributed by atoms with van der Waals surface area (Å²) in [5.74, 6) is 1.58. The molecule has 0 aliphatic carbocycles. The molecule has 0 radical (unpaired) electrons. The lowest BCUT2D eigenvalue weighted by Crippen LogP contribution is -2.30. The third-order valence-electron chi connectivity index (χ3n) is 2.44. The van der Waals surface area contributed by atoms with Crippen molar-refractivity contribution in [2.45, 2.75) is 40.2 Å². The Balaban J connectivity index is 2.79. The highest BCUT2D eigenvalue weighted by Gasteiger charge is 2.13. The van der Waals surface area contributed by atoms with Gasteiger partial charge in [-0.3, -0.25) is 0 Å². The van der Waals surface area contributed by atoms with Gasteiger partial charge < -0.3 is 4.90 Å². The van der Waals surface area contributed by atoms with Crippen molar-refractivity contribution in [3.8, 4) is 6.07 Å². The molecule has 0 spiro atoms. The first-order chi connectivity index (χ1) is 8.19. The predicted octanol–water partition coefficient (Wildman–Crippen LogP) is 2.06. The summed E-state index contributed by atoms with van der Waals surface area (Å²) in [7, 11) is 0. The molecule has 0 N–H and O–H groups in total. The quantitative estimate of drug-likeness (QED) is 0.726. The van der Waals surface area contributed by atoms with Crippen molar-refractivity contribution in [1.82, 2.24) is 15.0 Å². The summed E-state index contributed by atoms with van der Waals surface area (Å²) in [4.78, 5) is 2.20. The van der Waals surface area contributed by atoms with E-state index in [9.17, 15) is 0 Å². The Morgan fingerprint density at radius 3 is 2.88 bits per heavy atom. The van der Waals surface area contributed by atoms with Gasteiger partial charge in [-0.15, -0.1) is 5.10 Å². The molecule has 0 amide bonds. The van der Waals surface area contributed by atoms with Gasteiger partial charge in [0.05, 0.1) is 18.7 Å². The fraction of sp³-hybridized carbons (Fsp3) is 0.750. The molecule has 1 aromatic heterocycles. The Labute approximate surface area is 103 Å². The molecule has 0 aliphatic heterocycles. The van der Waals surface area contributed by atoms with E-state index in [4.69, 9.17) is 5.26 Å². The zero-order valence-electron chi connectivity index (χ0n) is 10.9. The standard InChI is InChI=1S/C12H21N5/c1-4-7-17-12(9-14-15-17)16(8-5-6-13)10-11(2)3/h9,11H,4-5,7-8,10H2,1-3H3. The minimum Gasteiger partial charge on any atom is -0.354 e. The lowest BCUT2D eigenvalue weighted by Gasteiger charge is -2.25. The molecule has 0 saturated heterocycles. The highest BCUT2D eigenvalue weighted by Crippen LogP contribution is 2.15. The minimum atomic E-state index is 0.532. The largest absolute Gasteiger partial charge is 0.354 e. The number of nitriles is 1. The number of hydrogen-bond donors (Lipinski definition) is 0. The monoisotopic (exact) mass is 235 g/mol. The van der Waals surface area contributed by atoms with E-state index in [-0.39, 0.29) is 0 Å². The van der Waals surface area contributed by atoms with Crippen LogP contribution in [0.25, 0.3) is 0 Å². The zero-order valence-corrected chi connectivity index (χ0v) is 10.9. The van der Waals surface area contributed by atoms with E-state index in [1.54, 1.807) is 6.20 Å². The Kier molecular flexibility index (Phi) is 5.47. The molecule has 5 heteroatoms. The van der Waals surface area contributed by atoms with Gasteiger partial charge in [0.2, 0.25) is 0 Å². The van der Waals surface area contributed by atoms with Crippen LogP contribution in [0.5, 0.6) is 0 Å². The molecule has 17 heavy (non-hydrogen) atoms. The van der Waals surface area contributed by atoms with Crippen LogP contribution in [-0.2, 0) is 6.54 Å². The van der Waals surface area contributed by atoms with E-state index in [0.717, 1.165) is 31.9 Å². The summed E-state index contributed by atoms with van der Waals surface area (Å²) < 4.78 is 1.92. The number of aromatic nitrogens is 3. The van der Waals surface area contributed by atoms with Crippen LogP contribution in [0, 0.1) is 17.2 Å². The molecule has 0 bridgehead atoms. The minimum absolute atomic E-state index is 0.532. The van der Waals surface area contributed by atoms with E-state index >= 15 is 0 Å². The highest BCUT2D eigenvalue weighted by molar-refractivity contribution is 5.36. The third-order valence-corrected chi connectivity index (χ3v) is 2.44. The summed E-state index contributed by atoms with van der Waals surface area (Å²) in [5, 5.41) is 16.8. The van der Waals surface area contributed by atoms with E-state index in [0.29, 0.717) is 12.3 Å². The lowest BCUT2D eigenvalue weighted by atomic mass is 10.2. The van der Waals surface area contributed by atoms with E-state index in [1.165, 1.54) is 0 Å². The van der Waals surface area contributed by atoms with Gasteiger partial charge in [0, 0.05) is 19.6 Å². The SMILES string of the molecule is CCCn1nncc1N(CCC#N)CC(C)C. The zero-order chi connectivity index (χ0) is 12.7. The molecule has 5 nitrogen and oxygen atoms in total. The number of aryl methyl sites for hydroxylation is 1. The van der Waals surface area contributed by atoms with Gasteiger partial charge in [-0.25, -0.2) is 4.68 Å². The van der Waals surface area contributed by atoms with Crippen molar-refractivity contribution >= 4 is 5.82 Å². The molecule has 0 fully saturated rings. The van der Waals surface area contributed by atoms with Crippen molar-refractivity contribution in [1.29, 1.82) is 5.26 Å². The topological polar surface area (TPSA) is 57.7 Å². The van der Waals surface area contributed by atoms with Crippen LogP contribution in [0.2, 0.25) is 0 Å². The van der Waals surface area contributed by atoms with E-state index < -0.39 is 0 Å². The second kappa shape index (κ2) is 6.89. The van der Waals surface area contributed by atoms with E-state index in [1.807, 2.05) is 4.68 Å². The number of anilines is 1. The van der Waals surface area contributed by atoms with Crippen molar-refractivity contribution in [3.63, 3.8) is 0 Å². The fourth-order valence-electron chi connectivity index (χ4n) is 1.79. The summed E-state index contributed by atoms with van der Waals surface area (Å²) in [6, 6.07) is 2.19. The van der Waals surface area contributed by atoms with Gasteiger partial charge >= 0.3 is 0 Å². The molecule has 0 aliphatic rings. The fourth-order valence-corrected chi connectivity index (χ4v) is 1.79. The predicted molar refractivity (Wildman–Crippen MR) is 67.6 cm³/mol. The molecule has 0 saturated carbocycles. The maximum absolute atomic E-state index is 8.70. The summed E-state index contributed by atoms with van der Waals surface area (Å²) in [6.07, 6.45) is 3.35. The van der Waals surface area contributed by atoms with Gasteiger partial charge in [0.15, 0.2) is 0 Å². The second-order valence-corrected chi connectivity index (χ2v) is 4.56. The number of nitrogens with zero attached hydrogens (tertiary/aromatic N) is 5. The van der Waals surface area contributed by atoms with Crippen LogP contribution in [0.3, 0.4) is 0 Å². The first kappa shape index (κ1) is 13.5. The molecule has 1 heterocycles. The van der Waals surface area contributed by atoms with Crippen LogP contribution in [0.15, 0.2) is 6.20 Å². The Hall–Kier alpha value is -1.57. The van der Waals surface area contributed by atoms with Gasteiger partial charge in [0.25, 0.3) is 0 Å². The maximum atomic E-state index is 8.70. The smallest absolute Gasteiger partial charge is 0.147 e. The summed E-state index contributed by atoms with van der Waals surface area (Å²) in [5.41, 5.74) is 0. The van der Waals surface area contributed by atoms with Gasteiger partial charge in [0.1, 0.15) is 5.82 Å². The molecule has 0 atom stereocenters. The Bertz CT molecular complexity index is 363. The highest BCUT2D eigenvalue weighted by atomic mass is 15.5. The van der Waals surface area contributed by atoms with Crippen LogP contribution >= 0.6 is 0 Å². The first-order valence-electron chi connectivity index (χ1n) is 6.19. The van der Waals surface area contributed by atoms with Crippen molar-refractivity contribution in [2.75, 3.05) is 18.0 Å². The average Bonchev–Trinajstić information content (AvgIpc) is 2.72. The van der Waals surface area contributed by atoms with Crippen molar-refractivity contribution in [2.24, 2.45) is 5.92 Å². The maximum Gasteiger partial charge on any atom is 0.147 e. The molecule has 0 aromatic carbocycles. The van der Waals surface area contributed by atoms with Crippen molar-refractivity contribution in [3.05, 3.63) is 6.20 Å². The normalized spacial score (nSPS) is 10.5. The molecule has 0 unspecified atom stereocenters. The lowest BCUT2D eigenvalue weighted by molar-refractivity contribution is 0.548. The summed E-state index contributed by atoms with van der Waals surface area (Å²) in [6.45, 7) is 9.01. The Morgan fingerprint density at radius 2 is 2.29 bits per heavy atom. The molecular weight excluding hydrogens is 214 g/mol. The van der Waals surface area contributed by atoms with Crippen LogP contribution in [0.1, 0.15) is 33.6 Å². The third kappa shape index (κ3) is 4.06. The molecule has 1 rings (SSSR count). The van der Waals surface area contributed by atoms with Crippen LogP contribution in [0.4, 0.5) is 5.82 Å². The average molecular weight is 235 g/mol. The number of rotatable bonds is 7. The van der Waals surface area contributed by atoms with Gasteiger partial charge in [-0.2, -0.15) is 5.26 Å². The second-order valence-electron chi connectivity index (χ2n) is 4.56. The molecule has 94 valence electrons. The van der Waals surface area contributed by atoms with Gasteiger partial charge in [-0.05, 0) is 12.3 Å². The first-order valence-corrected chi connectivity index (χ1v) is 6.19. The van der Waals surface area contributed by atoms with Gasteiger partial charge in [-0.1, -0.05) is 26.0 Å². The van der Waals surface area contributed by atoms with Crippen LogP contribution < -0.4 is 4.90 Å². The van der Waals surface area contributed by atoms with E-state index in [2.05, 4.69) is 42.1 Å². The van der Waals surface area contributed by atoms with Crippen molar-refractivity contribution < 1.29 is 0 Å².